The van der Waals surface area contributed by atoms with Gasteiger partial charge in [-0.25, -0.2) is 0 Å². The third-order valence-corrected chi connectivity index (χ3v) is 2.71. The second-order valence-electron chi connectivity index (χ2n) is 3.04. The average molecular weight is 251 g/mol. The Bertz CT molecular complexity index is 532. The molecule has 0 saturated heterocycles. The van der Waals surface area contributed by atoms with E-state index in [2.05, 4.69) is 34.2 Å². The van der Waals surface area contributed by atoms with Crippen molar-refractivity contribution in [2.75, 3.05) is 0 Å². The van der Waals surface area contributed by atoms with E-state index in [0.29, 0.717) is 5.62 Å². The number of hydrogen-bond donors (Lipinski definition) is 0. The van der Waals surface area contributed by atoms with Gasteiger partial charge in [0.05, 0.1) is 5.69 Å². The third-order valence-electron chi connectivity index (χ3n) is 1.90. The number of hydrogen-bond acceptors (Lipinski definition) is 2. The number of rotatable bonds is 2. The monoisotopic (exact) mass is 251 g/mol. The molecule has 2 aromatic rings. The third kappa shape index (κ3) is 2.63. The number of nitrogens with zero attached hydrogens (tertiary/aromatic N) is 5. The van der Waals surface area contributed by atoms with Gasteiger partial charge in [-0.2, -0.15) is 0 Å². The lowest BCUT2D eigenvalue weighted by molar-refractivity contribution is 0.898. The molecule has 0 radical (unpaired) electrons. The maximum Gasteiger partial charge on any atom is 0.237 e. The van der Waals surface area contributed by atoms with E-state index in [0.717, 1.165) is 5.69 Å². The van der Waals surface area contributed by atoms with Gasteiger partial charge in [0.15, 0.2) is 0 Å². The Morgan fingerprint density at radius 3 is 2.19 bits per heavy atom. The van der Waals surface area contributed by atoms with Gasteiger partial charge in [0.2, 0.25) is 5.62 Å². The van der Waals surface area contributed by atoms with Crippen molar-refractivity contribution in [3.63, 3.8) is 0 Å². The minimum atomic E-state index is 0.676. The summed E-state index contributed by atoms with van der Waals surface area (Å²) in [6.45, 7) is 0. The molecule has 0 fully saturated rings. The van der Waals surface area contributed by atoms with Gasteiger partial charge in [0, 0.05) is 12.4 Å². The van der Waals surface area contributed by atoms with E-state index in [1.807, 2.05) is 42.7 Å². The maximum absolute atomic E-state index is 4.00. The largest absolute Gasteiger partial charge is 0.300 e. The first-order chi connectivity index (χ1) is 7.77. The summed E-state index contributed by atoms with van der Waals surface area (Å²) in [5, 5.41) is 11.8. The van der Waals surface area contributed by atoms with Crippen molar-refractivity contribution < 1.29 is 0 Å². The van der Waals surface area contributed by atoms with E-state index in [1.54, 1.807) is 8.68 Å². The lowest BCUT2D eigenvalue weighted by Crippen LogP contribution is -2.14. The second-order valence-corrected chi connectivity index (χ2v) is 4.15. The second kappa shape index (κ2) is 5.15. The van der Waals surface area contributed by atoms with Crippen molar-refractivity contribution in [2.45, 2.75) is 0 Å². The maximum atomic E-state index is 4.00. The van der Waals surface area contributed by atoms with Gasteiger partial charge in [-0.05, 0) is 36.1 Å². The van der Waals surface area contributed by atoms with Crippen LogP contribution in [0.1, 0.15) is 0 Å². The molecule has 16 heavy (non-hydrogen) atoms. The highest BCUT2D eigenvalue weighted by molar-refractivity contribution is 7.15. The standard InChI is InChI=1S/C9H11N5P2/c15-13-6-7-14(16)9(13)11-12-10-8-4-2-1-3-5-8/h1-7H,15-16H2/b12-10+. The van der Waals surface area contributed by atoms with Gasteiger partial charge in [0.25, 0.3) is 0 Å². The molecule has 0 aliphatic rings. The highest BCUT2D eigenvalue weighted by Crippen LogP contribution is 2.09. The summed E-state index contributed by atoms with van der Waals surface area (Å²) in [5.41, 5.74) is 1.46. The van der Waals surface area contributed by atoms with E-state index < -0.39 is 0 Å². The van der Waals surface area contributed by atoms with Crippen molar-refractivity contribution in [3.05, 3.63) is 48.3 Å². The molecule has 1 heterocycles. The molecule has 1 aromatic carbocycles. The van der Waals surface area contributed by atoms with Gasteiger partial charge in [-0.1, -0.05) is 23.3 Å². The van der Waals surface area contributed by atoms with E-state index in [-0.39, 0.29) is 0 Å². The highest BCUT2D eigenvalue weighted by atomic mass is 31.0. The molecule has 0 aliphatic heterocycles. The van der Waals surface area contributed by atoms with Crippen molar-refractivity contribution in [2.24, 2.45) is 15.4 Å². The molecule has 0 N–H and O–H groups in total. The summed E-state index contributed by atoms with van der Waals surface area (Å²) in [5.74, 6) is 0. The topological polar surface area (TPSA) is 46.9 Å². The zero-order chi connectivity index (χ0) is 11.4. The molecule has 2 unspecified atom stereocenters. The van der Waals surface area contributed by atoms with Gasteiger partial charge in [0.1, 0.15) is 0 Å². The quantitative estimate of drug-likeness (QED) is 0.446. The first-order valence-electron chi connectivity index (χ1n) is 4.57. The van der Waals surface area contributed by atoms with Crippen molar-refractivity contribution in [1.82, 2.24) is 8.68 Å². The van der Waals surface area contributed by atoms with Crippen LogP contribution < -0.4 is 5.62 Å². The van der Waals surface area contributed by atoms with Crippen molar-refractivity contribution in [3.8, 4) is 0 Å². The SMILES string of the molecule is Pn1ccn(P)c1=N/N=N/c1ccccc1. The van der Waals surface area contributed by atoms with Crippen LogP contribution in [0.15, 0.2) is 58.2 Å². The molecular formula is C9H11N5P2. The van der Waals surface area contributed by atoms with Crippen LogP contribution in [0.2, 0.25) is 0 Å². The average Bonchev–Trinajstić information content (AvgIpc) is 2.62. The number of aromatic nitrogens is 2. The van der Waals surface area contributed by atoms with Crippen molar-refractivity contribution in [1.29, 1.82) is 0 Å². The Morgan fingerprint density at radius 1 is 0.938 bits per heavy atom. The minimum Gasteiger partial charge on any atom is -0.300 e. The van der Waals surface area contributed by atoms with E-state index in [4.69, 9.17) is 0 Å². The predicted octanol–water partition coefficient (Wildman–Crippen LogP) is 2.17. The highest BCUT2D eigenvalue weighted by Gasteiger charge is 1.91. The molecule has 2 rings (SSSR count). The van der Waals surface area contributed by atoms with Gasteiger partial charge >= 0.3 is 0 Å². The summed E-state index contributed by atoms with van der Waals surface area (Å²) in [4.78, 5) is 0. The molecule has 2 atom stereocenters. The summed E-state index contributed by atoms with van der Waals surface area (Å²) in [6.07, 6.45) is 3.71. The molecule has 0 spiro atoms. The Labute approximate surface area is 97.4 Å². The summed E-state index contributed by atoms with van der Waals surface area (Å²) < 4.78 is 3.55. The first-order valence-corrected chi connectivity index (χ1v) is 5.60. The molecule has 0 aliphatic carbocycles. The van der Waals surface area contributed by atoms with Gasteiger partial charge in [-0.15, -0.1) is 5.11 Å². The van der Waals surface area contributed by atoms with Crippen molar-refractivity contribution >= 4 is 24.5 Å². The molecule has 0 bridgehead atoms. The Morgan fingerprint density at radius 2 is 1.56 bits per heavy atom. The minimum absolute atomic E-state index is 0.676. The van der Waals surface area contributed by atoms with E-state index >= 15 is 0 Å². The molecule has 7 heteroatoms. The molecular weight excluding hydrogens is 240 g/mol. The van der Waals surface area contributed by atoms with Crippen LogP contribution in [0.4, 0.5) is 5.69 Å². The zero-order valence-electron chi connectivity index (χ0n) is 8.43. The summed E-state index contributed by atoms with van der Waals surface area (Å²) in [7, 11) is 5.04. The van der Waals surface area contributed by atoms with Crippen LogP contribution in [0, 0.1) is 0 Å². The van der Waals surface area contributed by atoms with Crippen LogP contribution >= 0.6 is 18.8 Å². The first kappa shape index (κ1) is 11.2. The normalized spacial score (nSPS) is 10.9. The van der Waals surface area contributed by atoms with Gasteiger partial charge in [-0.3, -0.25) is 0 Å². The molecule has 5 nitrogen and oxygen atoms in total. The van der Waals surface area contributed by atoms with Gasteiger partial charge < -0.3 is 8.68 Å². The van der Waals surface area contributed by atoms with Crippen LogP contribution in [0.5, 0.6) is 0 Å². The Hall–Kier alpha value is -1.31. The predicted molar refractivity (Wildman–Crippen MR) is 69.2 cm³/mol. The van der Waals surface area contributed by atoms with Crippen LogP contribution in [-0.2, 0) is 0 Å². The lowest BCUT2D eigenvalue weighted by atomic mass is 10.3. The molecule has 0 amide bonds. The summed E-state index contributed by atoms with van der Waals surface area (Å²) in [6, 6.07) is 9.48. The summed E-state index contributed by atoms with van der Waals surface area (Å²) >= 11 is 0. The zero-order valence-corrected chi connectivity index (χ0v) is 10.7. The lowest BCUT2D eigenvalue weighted by Gasteiger charge is -1.90. The van der Waals surface area contributed by atoms with E-state index in [9.17, 15) is 0 Å². The van der Waals surface area contributed by atoms with E-state index in [1.165, 1.54) is 0 Å². The van der Waals surface area contributed by atoms with Crippen LogP contribution in [0.25, 0.3) is 0 Å². The Balaban J connectivity index is 2.25. The molecule has 1 aromatic heterocycles. The Kier molecular flexibility index (Phi) is 3.60. The fourth-order valence-electron chi connectivity index (χ4n) is 1.12. The number of imidazole rings is 1. The van der Waals surface area contributed by atoms with Crippen LogP contribution in [0.3, 0.4) is 0 Å². The fraction of sp³-hybridized carbons (Fsp3) is 0. The molecule has 0 saturated carbocycles. The number of benzene rings is 1. The molecule has 82 valence electrons. The fourth-order valence-corrected chi connectivity index (χ4v) is 1.78. The smallest absolute Gasteiger partial charge is 0.237 e. The van der Waals surface area contributed by atoms with Crippen LogP contribution in [-0.4, -0.2) is 8.68 Å².